The Bertz CT molecular complexity index is 464. The number of nitrogens with one attached hydrogen (secondary N) is 2. The lowest BCUT2D eigenvalue weighted by atomic mass is 10.1. The minimum atomic E-state index is -0.131. The molecule has 110 valence electrons. The molecule has 2 N–H and O–H groups in total. The van der Waals surface area contributed by atoms with Crippen LogP contribution in [0.2, 0.25) is 5.02 Å². The van der Waals surface area contributed by atoms with Gasteiger partial charge in [-0.05, 0) is 60.1 Å². The third kappa shape index (κ3) is 4.74. The lowest BCUT2D eigenvalue weighted by Crippen LogP contribution is -2.34. The summed E-state index contributed by atoms with van der Waals surface area (Å²) in [6.45, 7) is 3.07. The van der Waals surface area contributed by atoms with Gasteiger partial charge in [0.2, 0.25) is 0 Å². The minimum Gasteiger partial charge on any atom is -0.376 e. The summed E-state index contributed by atoms with van der Waals surface area (Å²) in [4.78, 5) is 11.9. The zero-order chi connectivity index (χ0) is 14.4. The third-order valence-corrected chi connectivity index (χ3v) is 4.44. The van der Waals surface area contributed by atoms with Gasteiger partial charge in [0.25, 0.3) is 5.91 Å². The van der Waals surface area contributed by atoms with Crippen LogP contribution in [0.15, 0.2) is 22.7 Å². The highest BCUT2D eigenvalue weighted by molar-refractivity contribution is 9.10. The topological polar surface area (TPSA) is 50.4 Å². The first kappa shape index (κ1) is 15.8. The van der Waals surface area contributed by atoms with E-state index in [0.29, 0.717) is 29.8 Å². The van der Waals surface area contributed by atoms with Gasteiger partial charge in [0.15, 0.2) is 0 Å². The van der Waals surface area contributed by atoms with E-state index in [4.69, 9.17) is 16.3 Å². The quantitative estimate of drug-likeness (QED) is 0.793. The van der Waals surface area contributed by atoms with Crippen molar-refractivity contribution in [3.8, 4) is 0 Å². The van der Waals surface area contributed by atoms with Crippen molar-refractivity contribution in [2.24, 2.45) is 0 Å². The van der Waals surface area contributed by atoms with Crippen molar-refractivity contribution in [2.45, 2.75) is 18.9 Å². The monoisotopic (exact) mass is 360 g/mol. The fourth-order valence-electron chi connectivity index (χ4n) is 2.09. The fraction of sp³-hybridized carbons (Fsp3) is 0.500. The van der Waals surface area contributed by atoms with E-state index in [-0.39, 0.29) is 5.91 Å². The van der Waals surface area contributed by atoms with E-state index in [1.165, 1.54) is 0 Å². The number of piperidine rings is 1. The van der Waals surface area contributed by atoms with E-state index in [9.17, 15) is 4.79 Å². The largest absolute Gasteiger partial charge is 0.376 e. The molecule has 0 spiro atoms. The van der Waals surface area contributed by atoms with Gasteiger partial charge < -0.3 is 15.4 Å². The molecule has 0 aromatic heterocycles. The van der Waals surface area contributed by atoms with Gasteiger partial charge in [0.05, 0.1) is 17.7 Å². The van der Waals surface area contributed by atoms with Crippen molar-refractivity contribution in [2.75, 3.05) is 26.2 Å². The highest BCUT2D eigenvalue weighted by Crippen LogP contribution is 2.23. The van der Waals surface area contributed by atoms with E-state index in [0.717, 1.165) is 30.4 Å². The standard InChI is InChI=1S/C14H18BrClN2O2/c15-12-2-1-10(9-13(12)16)14(19)18-7-8-20-11-3-5-17-6-4-11/h1-2,9,11,17H,3-8H2,(H,18,19). The zero-order valence-electron chi connectivity index (χ0n) is 11.1. The molecule has 0 aliphatic carbocycles. The predicted octanol–water partition coefficient (Wildman–Crippen LogP) is 2.60. The second-order valence-corrected chi connectivity index (χ2v) is 5.97. The summed E-state index contributed by atoms with van der Waals surface area (Å²) in [5.41, 5.74) is 0.556. The molecule has 1 aromatic rings. The van der Waals surface area contributed by atoms with Crippen LogP contribution < -0.4 is 10.6 Å². The summed E-state index contributed by atoms with van der Waals surface area (Å²) in [6, 6.07) is 5.15. The summed E-state index contributed by atoms with van der Waals surface area (Å²) in [6.07, 6.45) is 2.39. The average Bonchev–Trinajstić information content (AvgIpc) is 2.47. The Morgan fingerprint density at radius 2 is 2.20 bits per heavy atom. The van der Waals surface area contributed by atoms with Crippen LogP contribution in [0.5, 0.6) is 0 Å². The normalized spacial score (nSPS) is 16.1. The molecular formula is C14H18BrClN2O2. The Hall–Kier alpha value is -0.620. The number of hydrogen-bond acceptors (Lipinski definition) is 3. The van der Waals surface area contributed by atoms with Crippen LogP contribution in [0.1, 0.15) is 23.2 Å². The maximum absolute atomic E-state index is 11.9. The third-order valence-electron chi connectivity index (χ3n) is 3.21. The van der Waals surface area contributed by atoms with Gasteiger partial charge in [-0.25, -0.2) is 0 Å². The van der Waals surface area contributed by atoms with Crippen molar-refractivity contribution in [1.29, 1.82) is 0 Å². The van der Waals surface area contributed by atoms with E-state index in [1.54, 1.807) is 18.2 Å². The maximum Gasteiger partial charge on any atom is 0.251 e. The first-order valence-corrected chi connectivity index (χ1v) is 7.89. The molecule has 1 amide bonds. The summed E-state index contributed by atoms with van der Waals surface area (Å²) >= 11 is 9.26. The molecule has 1 saturated heterocycles. The van der Waals surface area contributed by atoms with Crippen LogP contribution >= 0.6 is 27.5 Å². The molecule has 1 aromatic carbocycles. The second kappa shape index (κ2) is 7.98. The smallest absolute Gasteiger partial charge is 0.251 e. The highest BCUT2D eigenvalue weighted by atomic mass is 79.9. The average molecular weight is 362 g/mol. The van der Waals surface area contributed by atoms with Gasteiger partial charge >= 0.3 is 0 Å². The molecule has 1 aliphatic heterocycles. The van der Waals surface area contributed by atoms with E-state index in [2.05, 4.69) is 26.6 Å². The van der Waals surface area contributed by atoms with Gasteiger partial charge in [-0.15, -0.1) is 0 Å². The number of rotatable bonds is 5. The van der Waals surface area contributed by atoms with Crippen molar-refractivity contribution >= 4 is 33.4 Å². The number of ether oxygens (including phenoxy) is 1. The molecule has 2 rings (SSSR count). The van der Waals surface area contributed by atoms with Crippen LogP contribution in [-0.4, -0.2) is 38.3 Å². The number of halogens is 2. The number of carbonyl (C=O) groups excluding carboxylic acids is 1. The minimum absolute atomic E-state index is 0.131. The molecule has 0 unspecified atom stereocenters. The van der Waals surface area contributed by atoms with E-state index >= 15 is 0 Å². The van der Waals surface area contributed by atoms with Crippen LogP contribution in [0.3, 0.4) is 0 Å². The molecule has 20 heavy (non-hydrogen) atoms. The zero-order valence-corrected chi connectivity index (χ0v) is 13.5. The van der Waals surface area contributed by atoms with Crippen LogP contribution in [0.25, 0.3) is 0 Å². The van der Waals surface area contributed by atoms with Gasteiger partial charge in [-0.3, -0.25) is 4.79 Å². The number of hydrogen-bond donors (Lipinski definition) is 2. The Morgan fingerprint density at radius 1 is 1.45 bits per heavy atom. The Balaban J connectivity index is 1.70. The Morgan fingerprint density at radius 3 is 2.90 bits per heavy atom. The van der Waals surface area contributed by atoms with Gasteiger partial charge in [-0.1, -0.05) is 11.6 Å². The Kier molecular flexibility index (Phi) is 6.29. The van der Waals surface area contributed by atoms with Gasteiger partial charge in [0, 0.05) is 16.6 Å². The van der Waals surface area contributed by atoms with Crippen LogP contribution in [0.4, 0.5) is 0 Å². The maximum atomic E-state index is 11.9. The molecule has 0 atom stereocenters. The summed E-state index contributed by atoms with van der Waals surface area (Å²) in [7, 11) is 0. The number of carbonyl (C=O) groups is 1. The molecular weight excluding hydrogens is 344 g/mol. The SMILES string of the molecule is O=C(NCCOC1CCNCC1)c1ccc(Br)c(Cl)c1. The highest BCUT2D eigenvalue weighted by Gasteiger charge is 2.13. The first-order chi connectivity index (χ1) is 9.66. The summed E-state index contributed by atoms with van der Waals surface area (Å²) in [5, 5.41) is 6.65. The molecule has 1 aliphatic rings. The van der Waals surface area contributed by atoms with E-state index in [1.807, 2.05) is 0 Å². The predicted molar refractivity (Wildman–Crippen MR) is 83.3 cm³/mol. The van der Waals surface area contributed by atoms with Crippen LogP contribution in [-0.2, 0) is 4.74 Å². The molecule has 0 radical (unpaired) electrons. The molecule has 1 fully saturated rings. The van der Waals surface area contributed by atoms with Crippen molar-refractivity contribution < 1.29 is 9.53 Å². The van der Waals surface area contributed by atoms with Crippen molar-refractivity contribution in [3.05, 3.63) is 33.3 Å². The molecule has 6 heteroatoms. The van der Waals surface area contributed by atoms with Gasteiger partial charge in [-0.2, -0.15) is 0 Å². The lowest BCUT2D eigenvalue weighted by Gasteiger charge is -2.22. The molecule has 0 saturated carbocycles. The molecule has 0 bridgehead atoms. The van der Waals surface area contributed by atoms with Crippen LogP contribution in [0, 0.1) is 0 Å². The summed E-state index contributed by atoms with van der Waals surface area (Å²) in [5.74, 6) is -0.131. The summed E-state index contributed by atoms with van der Waals surface area (Å²) < 4.78 is 6.51. The van der Waals surface area contributed by atoms with Gasteiger partial charge in [0.1, 0.15) is 0 Å². The first-order valence-electron chi connectivity index (χ1n) is 6.72. The molecule has 4 nitrogen and oxygen atoms in total. The van der Waals surface area contributed by atoms with Crippen molar-refractivity contribution in [3.63, 3.8) is 0 Å². The second-order valence-electron chi connectivity index (χ2n) is 4.70. The number of benzene rings is 1. The molecule has 1 heterocycles. The lowest BCUT2D eigenvalue weighted by molar-refractivity contribution is 0.0343. The fourth-order valence-corrected chi connectivity index (χ4v) is 2.52. The van der Waals surface area contributed by atoms with Crippen molar-refractivity contribution in [1.82, 2.24) is 10.6 Å². The Labute approximate surface area is 132 Å². The number of amides is 1. The van der Waals surface area contributed by atoms with E-state index < -0.39 is 0 Å².